The molecule has 2 rings (SSSR count). The molecule has 0 saturated heterocycles. The van der Waals surface area contributed by atoms with E-state index in [0.29, 0.717) is 35.5 Å². The van der Waals surface area contributed by atoms with Crippen LogP contribution in [0.5, 0.6) is 0 Å². The molecule has 1 aromatic carbocycles. The van der Waals surface area contributed by atoms with Gasteiger partial charge < -0.3 is 4.90 Å². The van der Waals surface area contributed by atoms with Crippen molar-refractivity contribution < 1.29 is 4.79 Å². The number of benzene rings is 1. The number of amides is 1. The minimum absolute atomic E-state index is 0.145. The number of carbonyl (C=O) groups excluding carboxylic acids is 1. The highest BCUT2D eigenvalue weighted by Crippen LogP contribution is 2.15. The highest BCUT2D eigenvalue weighted by Gasteiger charge is 2.20. The Balaban J connectivity index is 2.50. The molecule has 20 heavy (non-hydrogen) atoms. The molecule has 0 saturated carbocycles. The largest absolute Gasteiger partial charge is 0.337 e. The average Bonchev–Trinajstić information content (AvgIpc) is 2.44. The van der Waals surface area contributed by atoms with Crippen molar-refractivity contribution in [1.82, 2.24) is 15.1 Å². The molecule has 0 spiro atoms. The van der Waals surface area contributed by atoms with Gasteiger partial charge in [0, 0.05) is 18.5 Å². The summed E-state index contributed by atoms with van der Waals surface area (Å²) < 4.78 is 0. The SMILES string of the molecule is CCN(CC(C)C)C(=O)c1n[nH]c(=O)c2ccccc12. The molecule has 0 fully saturated rings. The Bertz CT molecular complexity index is 676. The van der Waals surface area contributed by atoms with Gasteiger partial charge in [-0.1, -0.05) is 32.0 Å². The Labute approximate surface area is 117 Å². The number of rotatable bonds is 4. The van der Waals surface area contributed by atoms with Crippen molar-refractivity contribution in [3.8, 4) is 0 Å². The molecule has 0 radical (unpaired) electrons. The van der Waals surface area contributed by atoms with Gasteiger partial charge in [0.15, 0.2) is 5.69 Å². The van der Waals surface area contributed by atoms with Gasteiger partial charge in [-0.3, -0.25) is 9.59 Å². The quantitative estimate of drug-likeness (QED) is 0.927. The van der Waals surface area contributed by atoms with E-state index in [1.807, 2.05) is 6.92 Å². The van der Waals surface area contributed by atoms with E-state index in [4.69, 9.17) is 0 Å². The fraction of sp³-hybridized carbons (Fsp3) is 0.400. The molecule has 0 bridgehead atoms. The third kappa shape index (κ3) is 2.71. The summed E-state index contributed by atoms with van der Waals surface area (Å²) in [7, 11) is 0. The van der Waals surface area contributed by atoms with Crippen LogP contribution in [0.3, 0.4) is 0 Å². The first-order valence-corrected chi connectivity index (χ1v) is 6.81. The zero-order valence-electron chi connectivity index (χ0n) is 12.0. The lowest BCUT2D eigenvalue weighted by Crippen LogP contribution is -2.35. The number of H-pyrrole nitrogens is 1. The van der Waals surface area contributed by atoms with Gasteiger partial charge in [-0.15, -0.1) is 0 Å². The molecule has 1 heterocycles. The van der Waals surface area contributed by atoms with Crippen LogP contribution in [0.15, 0.2) is 29.1 Å². The predicted molar refractivity (Wildman–Crippen MR) is 78.8 cm³/mol. The lowest BCUT2D eigenvalue weighted by molar-refractivity contribution is 0.0741. The summed E-state index contributed by atoms with van der Waals surface area (Å²) in [6.45, 7) is 7.35. The predicted octanol–water partition coefficient (Wildman–Crippen LogP) is 2.04. The number of fused-ring (bicyclic) bond motifs is 1. The molecule has 5 nitrogen and oxygen atoms in total. The summed E-state index contributed by atoms with van der Waals surface area (Å²) in [4.78, 5) is 26.1. The summed E-state index contributed by atoms with van der Waals surface area (Å²) in [6, 6.07) is 7.04. The fourth-order valence-electron chi connectivity index (χ4n) is 2.22. The Hall–Kier alpha value is -2.17. The van der Waals surface area contributed by atoms with Gasteiger partial charge in [0.2, 0.25) is 0 Å². The van der Waals surface area contributed by atoms with Crippen LogP contribution in [0.25, 0.3) is 10.8 Å². The first-order chi connectivity index (χ1) is 9.54. The van der Waals surface area contributed by atoms with Gasteiger partial charge in [-0.2, -0.15) is 5.10 Å². The molecule has 1 amide bonds. The van der Waals surface area contributed by atoms with E-state index in [1.54, 1.807) is 29.2 Å². The number of nitrogens with zero attached hydrogens (tertiary/aromatic N) is 2. The van der Waals surface area contributed by atoms with Gasteiger partial charge in [0.25, 0.3) is 11.5 Å². The monoisotopic (exact) mass is 273 g/mol. The second-order valence-electron chi connectivity index (χ2n) is 5.18. The van der Waals surface area contributed by atoms with Gasteiger partial charge in [0.1, 0.15) is 0 Å². The molecule has 0 aliphatic heterocycles. The minimum Gasteiger partial charge on any atom is -0.337 e. The van der Waals surface area contributed by atoms with E-state index in [9.17, 15) is 9.59 Å². The number of nitrogens with one attached hydrogen (secondary N) is 1. The van der Waals surface area contributed by atoms with Crippen LogP contribution in [0.2, 0.25) is 0 Å². The summed E-state index contributed by atoms with van der Waals surface area (Å²) >= 11 is 0. The van der Waals surface area contributed by atoms with Gasteiger partial charge in [0.05, 0.1) is 5.39 Å². The van der Waals surface area contributed by atoms with E-state index >= 15 is 0 Å². The van der Waals surface area contributed by atoms with Gasteiger partial charge in [-0.25, -0.2) is 5.10 Å². The molecule has 0 aliphatic rings. The third-order valence-electron chi connectivity index (χ3n) is 3.15. The molecular formula is C15H19N3O2. The van der Waals surface area contributed by atoms with Crippen LogP contribution < -0.4 is 5.56 Å². The molecule has 0 unspecified atom stereocenters. The fourth-order valence-corrected chi connectivity index (χ4v) is 2.22. The Morgan fingerprint density at radius 2 is 1.95 bits per heavy atom. The van der Waals surface area contributed by atoms with Crippen LogP contribution in [-0.2, 0) is 0 Å². The summed E-state index contributed by atoms with van der Waals surface area (Å²) in [5, 5.41) is 7.45. The third-order valence-corrected chi connectivity index (χ3v) is 3.15. The molecule has 106 valence electrons. The van der Waals surface area contributed by atoms with Crippen LogP contribution in [0, 0.1) is 5.92 Å². The standard InChI is InChI=1S/C15H19N3O2/c1-4-18(9-10(2)3)15(20)13-11-7-5-6-8-12(11)14(19)17-16-13/h5-8,10H,4,9H2,1-3H3,(H,17,19). The number of hydrogen-bond acceptors (Lipinski definition) is 3. The lowest BCUT2D eigenvalue weighted by atomic mass is 10.1. The maximum absolute atomic E-state index is 12.6. The van der Waals surface area contributed by atoms with Crippen molar-refractivity contribution in [2.75, 3.05) is 13.1 Å². The number of aromatic nitrogens is 2. The zero-order chi connectivity index (χ0) is 14.7. The maximum Gasteiger partial charge on any atom is 0.274 e. The van der Waals surface area contributed by atoms with Crippen LogP contribution in [0.1, 0.15) is 31.3 Å². The second-order valence-corrected chi connectivity index (χ2v) is 5.18. The normalized spacial score (nSPS) is 11.0. The molecule has 0 atom stereocenters. The Morgan fingerprint density at radius 3 is 2.55 bits per heavy atom. The van der Waals surface area contributed by atoms with Crippen LogP contribution >= 0.6 is 0 Å². The van der Waals surface area contributed by atoms with E-state index in [1.165, 1.54) is 0 Å². The van der Waals surface area contributed by atoms with E-state index < -0.39 is 0 Å². The van der Waals surface area contributed by atoms with Crippen molar-refractivity contribution in [2.45, 2.75) is 20.8 Å². The van der Waals surface area contributed by atoms with E-state index in [-0.39, 0.29) is 11.5 Å². The molecule has 0 aliphatic carbocycles. The average molecular weight is 273 g/mol. The molecular weight excluding hydrogens is 254 g/mol. The lowest BCUT2D eigenvalue weighted by Gasteiger charge is -2.22. The van der Waals surface area contributed by atoms with E-state index in [0.717, 1.165) is 0 Å². The highest BCUT2D eigenvalue weighted by molar-refractivity contribution is 6.04. The topological polar surface area (TPSA) is 66.1 Å². The first-order valence-electron chi connectivity index (χ1n) is 6.81. The van der Waals surface area contributed by atoms with Crippen LogP contribution in [0.4, 0.5) is 0 Å². The van der Waals surface area contributed by atoms with Crippen molar-refractivity contribution in [3.63, 3.8) is 0 Å². The maximum atomic E-state index is 12.6. The number of aromatic amines is 1. The number of carbonyl (C=O) groups is 1. The van der Waals surface area contributed by atoms with Crippen molar-refractivity contribution >= 4 is 16.7 Å². The minimum atomic E-state index is -0.274. The smallest absolute Gasteiger partial charge is 0.274 e. The van der Waals surface area contributed by atoms with Crippen LogP contribution in [-0.4, -0.2) is 34.1 Å². The van der Waals surface area contributed by atoms with Crippen molar-refractivity contribution in [2.24, 2.45) is 5.92 Å². The summed E-state index contributed by atoms with van der Waals surface area (Å²) in [6.07, 6.45) is 0. The first kappa shape index (κ1) is 14.2. The summed E-state index contributed by atoms with van der Waals surface area (Å²) in [5.74, 6) is 0.238. The molecule has 2 aromatic rings. The second kappa shape index (κ2) is 5.86. The van der Waals surface area contributed by atoms with Gasteiger partial charge in [-0.05, 0) is 18.9 Å². The Kier molecular flexibility index (Phi) is 4.17. The van der Waals surface area contributed by atoms with Crippen molar-refractivity contribution in [3.05, 3.63) is 40.3 Å². The van der Waals surface area contributed by atoms with E-state index in [2.05, 4.69) is 24.0 Å². The summed E-state index contributed by atoms with van der Waals surface area (Å²) in [5.41, 5.74) is 0.0340. The van der Waals surface area contributed by atoms with Crippen molar-refractivity contribution in [1.29, 1.82) is 0 Å². The van der Waals surface area contributed by atoms with Gasteiger partial charge >= 0.3 is 0 Å². The molecule has 5 heteroatoms. The Morgan fingerprint density at radius 1 is 1.30 bits per heavy atom. The molecule has 1 N–H and O–H groups in total. The highest BCUT2D eigenvalue weighted by atomic mass is 16.2. The zero-order valence-corrected chi connectivity index (χ0v) is 12.0. The molecule has 1 aromatic heterocycles. The number of hydrogen-bond donors (Lipinski definition) is 1.